The lowest BCUT2D eigenvalue weighted by Gasteiger charge is -2.35. The molecule has 1 aliphatic heterocycles. The second-order valence-electron chi connectivity index (χ2n) is 6.16. The fraction of sp³-hybridized carbons (Fsp3) is 0.421. The maximum Gasteiger partial charge on any atom is 0.260 e. The van der Waals surface area contributed by atoms with Crippen LogP contribution in [0.5, 0.6) is 5.75 Å². The highest BCUT2D eigenvalue weighted by Crippen LogP contribution is 2.17. The van der Waals surface area contributed by atoms with Crippen molar-refractivity contribution in [1.29, 1.82) is 0 Å². The molecular weight excluding hydrogens is 337 g/mol. The molecule has 2 aromatic rings. The number of hydrogen-bond donors (Lipinski definition) is 0. The van der Waals surface area contributed by atoms with E-state index in [2.05, 4.69) is 9.97 Å². The van der Waals surface area contributed by atoms with E-state index in [1.807, 2.05) is 6.92 Å². The molecule has 0 spiro atoms. The number of amides is 1. The van der Waals surface area contributed by atoms with Gasteiger partial charge in [0.05, 0.1) is 30.6 Å². The SMILES string of the molecule is Cc1nccnc1CCC1COCCN1C(=O)COc1ccccc1F. The van der Waals surface area contributed by atoms with E-state index < -0.39 is 5.82 Å². The summed E-state index contributed by atoms with van der Waals surface area (Å²) >= 11 is 0. The lowest BCUT2D eigenvalue weighted by Crippen LogP contribution is -2.50. The lowest BCUT2D eigenvalue weighted by molar-refractivity contribution is -0.142. The minimum Gasteiger partial charge on any atom is -0.481 e. The van der Waals surface area contributed by atoms with Crippen LogP contribution in [0.4, 0.5) is 4.39 Å². The number of nitrogens with zero attached hydrogens (tertiary/aromatic N) is 3. The first kappa shape index (κ1) is 18.3. The monoisotopic (exact) mass is 359 g/mol. The molecule has 1 fully saturated rings. The number of aryl methyl sites for hydroxylation is 2. The average molecular weight is 359 g/mol. The van der Waals surface area contributed by atoms with Gasteiger partial charge in [0.25, 0.3) is 5.91 Å². The molecule has 0 saturated carbocycles. The van der Waals surface area contributed by atoms with E-state index in [1.54, 1.807) is 29.4 Å². The summed E-state index contributed by atoms with van der Waals surface area (Å²) in [5.74, 6) is -0.560. The summed E-state index contributed by atoms with van der Waals surface area (Å²) in [7, 11) is 0. The van der Waals surface area contributed by atoms with Gasteiger partial charge in [0.1, 0.15) is 0 Å². The van der Waals surface area contributed by atoms with Gasteiger partial charge in [0.15, 0.2) is 18.2 Å². The molecule has 1 aromatic heterocycles. The van der Waals surface area contributed by atoms with Crippen molar-refractivity contribution in [3.63, 3.8) is 0 Å². The molecule has 0 aliphatic carbocycles. The van der Waals surface area contributed by atoms with Crippen LogP contribution in [0.25, 0.3) is 0 Å². The summed E-state index contributed by atoms with van der Waals surface area (Å²) in [4.78, 5) is 22.9. The molecule has 3 rings (SSSR count). The maximum absolute atomic E-state index is 13.6. The van der Waals surface area contributed by atoms with Crippen molar-refractivity contribution in [3.8, 4) is 5.75 Å². The molecule has 7 heteroatoms. The quantitative estimate of drug-likeness (QED) is 0.791. The largest absolute Gasteiger partial charge is 0.481 e. The Morgan fingerprint density at radius 3 is 2.96 bits per heavy atom. The first-order valence-corrected chi connectivity index (χ1v) is 8.66. The molecule has 6 nitrogen and oxygen atoms in total. The van der Waals surface area contributed by atoms with Gasteiger partial charge in [-0.1, -0.05) is 12.1 Å². The minimum absolute atomic E-state index is 0.0538. The van der Waals surface area contributed by atoms with Crippen LogP contribution in [0.2, 0.25) is 0 Å². The van der Waals surface area contributed by atoms with Crippen molar-refractivity contribution >= 4 is 5.91 Å². The zero-order valence-corrected chi connectivity index (χ0v) is 14.7. The summed E-state index contributed by atoms with van der Waals surface area (Å²) in [6.45, 7) is 3.20. The number of hydrogen-bond acceptors (Lipinski definition) is 5. The average Bonchev–Trinajstić information content (AvgIpc) is 2.67. The molecule has 2 heterocycles. The van der Waals surface area contributed by atoms with E-state index >= 15 is 0 Å². The zero-order valence-electron chi connectivity index (χ0n) is 14.7. The van der Waals surface area contributed by atoms with Crippen LogP contribution in [-0.2, 0) is 16.0 Å². The Balaban J connectivity index is 1.58. The van der Waals surface area contributed by atoms with E-state index in [0.29, 0.717) is 26.2 Å². The molecule has 0 bridgehead atoms. The first-order chi connectivity index (χ1) is 12.6. The standard InChI is InChI=1S/C19H22FN3O3/c1-14-17(22-9-8-21-14)7-6-15-12-25-11-10-23(15)19(24)13-26-18-5-3-2-4-16(18)20/h2-5,8-9,15H,6-7,10-13H2,1H3. The molecule has 0 radical (unpaired) electrons. The summed E-state index contributed by atoms with van der Waals surface area (Å²) in [5.41, 5.74) is 1.82. The van der Waals surface area contributed by atoms with Crippen LogP contribution >= 0.6 is 0 Å². The van der Waals surface area contributed by atoms with Gasteiger partial charge in [-0.2, -0.15) is 0 Å². The second-order valence-corrected chi connectivity index (χ2v) is 6.16. The Labute approximate surface area is 152 Å². The normalized spacial score (nSPS) is 17.2. The van der Waals surface area contributed by atoms with Crippen molar-refractivity contribution in [2.24, 2.45) is 0 Å². The topological polar surface area (TPSA) is 64.6 Å². The number of para-hydroxylation sites is 1. The van der Waals surface area contributed by atoms with Crippen molar-refractivity contribution in [2.45, 2.75) is 25.8 Å². The van der Waals surface area contributed by atoms with Crippen molar-refractivity contribution < 1.29 is 18.7 Å². The van der Waals surface area contributed by atoms with Gasteiger partial charge < -0.3 is 14.4 Å². The van der Waals surface area contributed by atoms with Crippen LogP contribution < -0.4 is 4.74 Å². The van der Waals surface area contributed by atoms with Gasteiger partial charge in [-0.15, -0.1) is 0 Å². The summed E-state index contributed by atoms with van der Waals surface area (Å²) in [5, 5.41) is 0. The van der Waals surface area contributed by atoms with Crippen LogP contribution in [0.1, 0.15) is 17.8 Å². The van der Waals surface area contributed by atoms with Gasteiger partial charge in [-0.3, -0.25) is 14.8 Å². The first-order valence-electron chi connectivity index (χ1n) is 8.66. The number of ether oxygens (including phenoxy) is 2. The molecular formula is C19H22FN3O3. The van der Waals surface area contributed by atoms with Gasteiger partial charge in [0.2, 0.25) is 0 Å². The van der Waals surface area contributed by atoms with Crippen LogP contribution in [-0.4, -0.2) is 53.2 Å². The Morgan fingerprint density at radius 2 is 2.15 bits per heavy atom. The van der Waals surface area contributed by atoms with E-state index in [-0.39, 0.29) is 24.3 Å². The Hall–Kier alpha value is -2.54. The predicted molar refractivity (Wildman–Crippen MR) is 93.3 cm³/mol. The third-order valence-electron chi connectivity index (χ3n) is 4.43. The Kier molecular flexibility index (Phi) is 6.12. The minimum atomic E-state index is -0.475. The van der Waals surface area contributed by atoms with Gasteiger partial charge in [-0.25, -0.2) is 4.39 Å². The number of carbonyl (C=O) groups is 1. The van der Waals surface area contributed by atoms with E-state index in [9.17, 15) is 9.18 Å². The second kappa shape index (κ2) is 8.71. The summed E-state index contributed by atoms with van der Waals surface area (Å²) in [6, 6.07) is 6.01. The Bertz CT molecular complexity index is 756. The highest BCUT2D eigenvalue weighted by atomic mass is 19.1. The molecule has 138 valence electrons. The summed E-state index contributed by atoms with van der Waals surface area (Å²) in [6.07, 6.45) is 4.78. The smallest absolute Gasteiger partial charge is 0.260 e. The van der Waals surface area contributed by atoms with E-state index in [1.165, 1.54) is 12.1 Å². The van der Waals surface area contributed by atoms with Gasteiger partial charge >= 0.3 is 0 Å². The predicted octanol–water partition coefficient (Wildman–Crippen LogP) is 2.16. The fourth-order valence-corrected chi connectivity index (χ4v) is 2.99. The number of aromatic nitrogens is 2. The highest BCUT2D eigenvalue weighted by molar-refractivity contribution is 5.78. The molecule has 1 aliphatic rings. The molecule has 1 atom stereocenters. The third kappa shape index (κ3) is 4.54. The number of halogens is 1. The molecule has 1 saturated heterocycles. The maximum atomic E-state index is 13.6. The molecule has 1 amide bonds. The lowest BCUT2D eigenvalue weighted by atomic mass is 10.1. The van der Waals surface area contributed by atoms with Crippen molar-refractivity contribution in [3.05, 3.63) is 53.9 Å². The van der Waals surface area contributed by atoms with Crippen LogP contribution in [0.3, 0.4) is 0 Å². The number of benzene rings is 1. The number of morpholine rings is 1. The van der Waals surface area contributed by atoms with Crippen molar-refractivity contribution in [1.82, 2.24) is 14.9 Å². The highest BCUT2D eigenvalue weighted by Gasteiger charge is 2.27. The van der Waals surface area contributed by atoms with E-state index in [4.69, 9.17) is 9.47 Å². The molecule has 1 aromatic carbocycles. The van der Waals surface area contributed by atoms with Gasteiger partial charge in [-0.05, 0) is 31.9 Å². The fourth-order valence-electron chi connectivity index (χ4n) is 2.99. The zero-order chi connectivity index (χ0) is 18.4. The van der Waals surface area contributed by atoms with Crippen LogP contribution in [0.15, 0.2) is 36.7 Å². The van der Waals surface area contributed by atoms with Crippen LogP contribution in [0, 0.1) is 12.7 Å². The number of rotatable bonds is 6. The molecule has 0 N–H and O–H groups in total. The number of carbonyl (C=O) groups excluding carboxylic acids is 1. The van der Waals surface area contributed by atoms with Gasteiger partial charge in [0, 0.05) is 18.9 Å². The van der Waals surface area contributed by atoms with Crippen molar-refractivity contribution in [2.75, 3.05) is 26.4 Å². The van der Waals surface area contributed by atoms with E-state index in [0.717, 1.165) is 17.8 Å². The molecule has 1 unspecified atom stereocenters. The third-order valence-corrected chi connectivity index (χ3v) is 4.43. The Morgan fingerprint density at radius 1 is 1.35 bits per heavy atom. The molecule has 26 heavy (non-hydrogen) atoms. The summed E-state index contributed by atoms with van der Waals surface area (Å²) < 4.78 is 24.5.